The summed E-state index contributed by atoms with van der Waals surface area (Å²) in [5.74, 6) is 2.47. The van der Waals surface area contributed by atoms with Gasteiger partial charge in [0, 0.05) is 38.6 Å². The van der Waals surface area contributed by atoms with E-state index in [1.807, 2.05) is 35.2 Å². The van der Waals surface area contributed by atoms with E-state index in [0.29, 0.717) is 18.3 Å². The number of hydrogen-bond donors (Lipinski definition) is 0. The normalized spacial score (nSPS) is 21.2. The molecule has 4 rings (SSSR count). The number of aromatic nitrogens is 2. The average Bonchev–Trinajstić information content (AvgIpc) is 3.33. The van der Waals surface area contributed by atoms with Crippen LogP contribution in [-0.4, -0.2) is 47.3 Å². The lowest BCUT2D eigenvalue weighted by molar-refractivity contribution is -0.129. The van der Waals surface area contributed by atoms with Gasteiger partial charge in [0.15, 0.2) is 5.82 Å². The maximum Gasteiger partial charge on any atom is 0.229 e. The Morgan fingerprint density at radius 3 is 2.77 bits per heavy atom. The van der Waals surface area contributed by atoms with E-state index in [4.69, 9.17) is 9.26 Å². The Bertz CT molecular complexity index is 725. The standard InChI is InChI=1S/C20H25N3O3/c24-19(13-15-4-2-1-3-5-15)23-9-6-16(14-23)12-18-21-20(26-22-18)17-7-10-25-11-8-17/h1-5,16-17H,6-14H2. The molecule has 6 nitrogen and oxygen atoms in total. The number of carbonyl (C=O) groups excluding carboxylic acids is 1. The van der Waals surface area contributed by atoms with E-state index in [9.17, 15) is 4.79 Å². The van der Waals surface area contributed by atoms with Crippen LogP contribution in [0.15, 0.2) is 34.9 Å². The lowest BCUT2D eigenvalue weighted by atomic mass is 10.0. The molecule has 2 aromatic rings. The van der Waals surface area contributed by atoms with Crippen LogP contribution in [0.4, 0.5) is 0 Å². The molecule has 2 saturated heterocycles. The third-order valence-electron chi connectivity index (χ3n) is 5.36. The first-order valence-electron chi connectivity index (χ1n) is 9.50. The second kappa shape index (κ2) is 7.99. The summed E-state index contributed by atoms with van der Waals surface area (Å²) < 4.78 is 10.9. The molecule has 1 aromatic heterocycles. The molecule has 0 bridgehead atoms. The molecular weight excluding hydrogens is 330 g/mol. The topological polar surface area (TPSA) is 68.5 Å². The fourth-order valence-electron chi connectivity index (χ4n) is 3.83. The quantitative estimate of drug-likeness (QED) is 0.825. The van der Waals surface area contributed by atoms with Gasteiger partial charge in [0.1, 0.15) is 0 Å². The minimum absolute atomic E-state index is 0.203. The van der Waals surface area contributed by atoms with Crippen LogP contribution in [0.3, 0.4) is 0 Å². The molecular formula is C20H25N3O3. The summed E-state index contributed by atoms with van der Waals surface area (Å²) in [6.07, 6.45) is 4.16. The number of rotatable bonds is 5. The Morgan fingerprint density at radius 1 is 1.15 bits per heavy atom. The molecule has 6 heteroatoms. The van der Waals surface area contributed by atoms with Crippen molar-refractivity contribution < 1.29 is 14.1 Å². The Hall–Kier alpha value is -2.21. The summed E-state index contributed by atoms with van der Waals surface area (Å²) in [7, 11) is 0. The lowest BCUT2D eigenvalue weighted by Crippen LogP contribution is -2.30. The molecule has 3 heterocycles. The van der Waals surface area contributed by atoms with E-state index in [0.717, 1.165) is 69.3 Å². The maximum absolute atomic E-state index is 12.5. The smallest absolute Gasteiger partial charge is 0.229 e. The van der Waals surface area contributed by atoms with Crippen molar-refractivity contribution in [3.05, 3.63) is 47.6 Å². The predicted octanol–water partition coefficient (Wildman–Crippen LogP) is 2.60. The minimum atomic E-state index is 0.203. The molecule has 2 aliphatic heterocycles. The highest BCUT2D eigenvalue weighted by atomic mass is 16.5. The van der Waals surface area contributed by atoms with Crippen LogP contribution >= 0.6 is 0 Å². The Kier molecular flexibility index (Phi) is 5.29. The molecule has 0 spiro atoms. The van der Waals surface area contributed by atoms with Crippen LogP contribution in [0.5, 0.6) is 0 Å². The molecule has 0 saturated carbocycles. The zero-order chi connectivity index (χ0) is 17.8. The zero-order valence-electron chi connectivity index (χ0n) is 15.0. The first-order chi connectivity index (χ1) is 12.8. The molecule has 0 N–H and O–H groups in total. The second-order valence-electron chi connectivity index (χ2n) is 7.30. The SMILES string of the molecule is O=C(Cc1ccccc1)N1CCC(Cc2noc(C3CCOCC3)n2)C1. The molecule has 138 valence electrons. The fourth-order valence-corrected chi connectivity index (χ4v) is 3.83. The summed E-state index contributed by atoms with van der Waals surface area (Å²) in [5.41, 5.74) is 1.07. The Labute approximate surface area is 153 Å². The van der Waals surface area contributed by atoms with Crippen molar-refractivity contribution in [2.45, 2.75) is 38.0 Å². The molecule has 1 atom stereocenters. The van der Waals surface area contributed by atoms with Gasteiger partial charge in [0.25, 0.3) is 0 Å². The van der Waals surface area contributed by atoms with Gasteiger partial charge >= 0.3 is 0 Å². The molecule has 1 amide bonds. The second-order valence-corrected chi connectivity index (χ2v) is 7.30. The van der Waals surface area contributed by atoms with Gasteiger partial charge in [0.2, 0.25) is 11.8 Å². The highest BCUT2D eigenvalue weighted by Crippen LogP contribution is 2.26. The first-order valence-corrected chi connectivity index (χ1v) is 9.50. The summed E-state index contributed by atoms with van der Waals surface area (Å²) in [4.78, 5) is 19.1. The van der Waals surface area contributed by atoms with E-state index >= 15 is 0 Å². The maximum atomic E-state index is 12.5. The molecule has 0 radical (unpaired) electrons. The summed E-state index contributed by atoms with van der Waals surface area (Å²) >= 11 is 0. The third-order valence-corrected chi connectivity index (χ3v) is 5.36. The van der Waals surface area contributed by atoms with Crippen molar-refractivity contribution in [1.82, 2.24) is 15.0 Å². The molecule has 2 aliphatic rings. The van der Waals surface area contributed by atoms with Crippen molar-refractivity contribution >= 4 is 5.91 Å². The molecule has 1 unspecified atom stereocenters. The van der Waals surface area contributed by atoms with Crippen LogP contribution in [0.1, 0.15) is 42.5 Å². The minimum Gasteiger partial charge on any atom is -0.381 e. The van der Waals surface area contributed by atoms with Crippen molar-refractivity contribution in [2.75, 3.05) is 26.3 Å². The van der Waals surface area contributed by atoms with Crippen LogP contribution in [0.25, 0.3) is 0 Å². The van der Waals surface area contributed by atoms with Crippen molar-refractivity contribution in [2.24, 2.45) is 5.92 Å². The van der Waals surface area contributed by atoms with E-state index in [1.165, 1.54) is 0 Å². The van der Waals surface area contributed by atoms with Gasteiger partial charge in [-0.1, -0.05) is 35.5 Å². The van der Waals surface area contributed by atoms with Gasteiger partial charge in [-0.2, -0.15) is 4.98 Å². The van der Waals surface area contributed by atoms with Gasteiger partial charge in [0.05, 0.1) is 6.42 Å². The Morgan fingerprint density at radius 2 is 1.96 bits per heavy atom. The summed E-state index contributed by atoms with van der Waals surface area (Å²) in [5, 5.41) is 4.16. The van der Waals surface area contributed by atoms with Crippen molar-refractivity contribution in [3.8, 4) is 0 Å². The van der Waals surface area contributed by atoms with E-state index in [-0.39, 0.29) is 5.91 Å². The van der Waals surface area contributed by atoms with Gasteiger partial charge in [-0.05, 0) is 30.7 Å². The van der Waals surface area contributed by atoms with Gasteiger partial charge < -0.3 is 14.2 Å². The molecule has 2 fully saturated rings. The number of carbonyl (C=O) groups is 1. The van der Waals surface area contributed by atoms with Crippen molar-refractivity contribution in [1.29, 1.82) is 0 Å². The number of nitrogens with zero attached hydrogens (tertiary/aromatic N) is 3. The van der Waals surface area contributed by atoms with Gasteiger partial charge in [-0.3, -0.25) is 4.79 Å². The highest BCUT2D eigenvalue weighted by molar-refractivity contribution is 5.79. The monoisotopic (exact) mass is 355 g/mol. The zero-order valence-corrected chi connectivity index (χ0v) is 15.0. The largest absolute Gasteiger partial charge is 0.381 e. The molecule has 0 aliphatic carbocycles. The number of likely N-dealkylation sites (tertiary alicyclic amines) is 1. The third kappa shape index (κ3) is 4.12. The number of benzene rings is 1. The summed E-state index contributed by atoms with van der Waals surface area (Å²) in [6.45, 7) is 3.14. The van der Waals surface area contributed by atoms with E-state index in [2.05, 4.69) is 10.1 Å². The first kappa shape index (κ1) is 17.2. The predicted molar refractivity (Wildman–Crippen MR) is 95.6 cm³/mol. The van der Waals surface area contributed by atoms with Gasteiger partial charge in [-0.15, -0.1) is 0 Å². The van der Waals surface area contributed by atoms with Crippen LogP contribution in [0.2, 0.25) is 0 Å². The Balaban J connectivity index is 1.29. The van der Waals surface area contributed by atoms with E-state index in [1.54, 1.807) is 0 Å². The van der Waals surface area contributed by atoms with E-state index < -0.39 is 0 Å². The summed E-state index contributed by atoms with van der Waals surface area (Å²) in [6, 6.07) is 9.92. The molecule has 26 heavy (non-hydrogen) atoms. The van der Waals surface area contributed by atoms with Crippen LogP contribution in [-0.2, 0) is 22.4 Å². The lowest BCUT2D eigenvalue weighted by Gasteiger charge is -2.18. The van der Waals surface area contributed by atoms with Crippen LogP contribution in [0, 0.1) is 5.92 Å². The van der Waals surface area contributed by atoms with Crippen LogP contribution < -0.4 is 0 Å². The average molecular weight is 355 g/mol. The number of amides is 1. The number of hydrogen-bond acceptors (Lipinski definition) is 5. The highest BCUT2D eigenvalue weighted by Gasteiger charge is 2.28. The molecule has 1 aromatic carbocycles. The fraction of sp³-hybridized carbons (Fsp3) is 0.550. The van der Waals surface area contributed by atoms with Gasteiger partial charge in [-0.25, -0.2) is 0 Å². The number of ether oxygens (including phenoxy) is 1. The van der Waals surface area contributed by atoms with Crippen molar-refractivity contribution in [3.63, 3.8) is 0 Å².